The molecule has 0 amide bonds. The van der Waals surface area contributed by atoms with Crippen molar-refractivity contribution >= 4 is 23.5 Å². The van der Waals surface area contributed by atoms with E-state index in [0.717, 1.165) is 19.0 Å². The van der Waals surface area contributed by atoms with Crippen LogP contribution in [0.3, 0.4) is 0 Å². The quantitative estimate of drug-likeness (QED) is 0.496. The molecule has 112 valence electrons. The molecule has 1 unspecified atom stereocenters. The van der Waals surface area contributed by atoms with Gasteiger partial charge in [0.05, 0.1) is 16.9 Å². The lowest BCUT2D eigenvalue weighted by Gasteiger charge is -2.15. The fourth-order valence-corrected chi connectivity index (χ4v) is 2.36. The van der Waals surface area contributed by atoms with Crippen molar-refractivity contribution in [2.45, 2.75) is 25.7 Å². The highest BCUT2D eigenvalue weighted by Gasteiger charge is 2.35. The number of halogens is 2. The number of pyridine rings is 1. The number of carbonyl (C=O) groups is 2. The van der Waals surface area contributed by atoms with E-state index in [0.29, 0.717) is 11.3 Å². The molecule has 0 radical (unpaired) electrons. The minimum Gasteiger partial charge on any atom is -0.477 e. The van der Waals surface area contributed by atoms with Gasteiger partial charge in [0, 0.05) is 5.92 Å². The van der Waals surface area contributed by atoms with Crippen LogP contribution in [-0.4, -0.2) is 27.1 Å². The molecule has 0 bridgehead atoms. The third kappa shape index (κ3) is 3.21. The van der Waals surface area contributed by atoms with Crippen molar-refractivity contribution in [3.8, 4) is 0 Å². The first kappa shape index (κ1) is 15.4. The molecule has 1 heterocycles. The lowest BCUT2D eigenvalue weighted by atomic mass is 9.93. The van der Waals surface area contributed by atoms with Gasteiger partial charge in [0.15, 0.2) is 5.82 Å². The fraction of sp³-hybridized carbons (Fsp3) is 0.357. The van der Waals surface area contributed by atoms with Crippen molar-refractivity contribution in [3.63, 3.8) is 0 Å². The van der Waals surface area contributed by atoms with Crippen molar-refractivity contribution in [3.05, 3.63) is 39.9 Å². The summed E-state index contributed by atoms with van der Waals surface area (Å²) in [5, 5.41) is 17.8. The van der Waals surface area contributed by atoms with E-state index in [9.17, 15) is 14.0 Å². The number of nitrogens with zero attached hydrogens (tertiary/aromatic N) is 1. The minimum absolute atomic E-state index is 0.0775. The Kier molecular flexibility index (Phi) is 4.27. The van der Waals surface area contributed by atoms with Gasteiger partial charge < -0.3 is 10.2 Å². The summed E-state index contributed by atoms with van der Waals surface area (Å²) >= 11 is 5.85. The second-order valence-electron chi connectivity index (χ2n) is 4.98. The van der Waals surface area contributed by atoms with Gasteiger partial charge >= 0.3 is 11.9 Å². The van der Waals surface area contributed by atoms with Crippen molar-refractivity contribution in [2.75, 3.05) is 0 Å². The average Bonchev–Trinajstić information content (AvgIpc) is 3.22. The largest absolute Gasteiger partial charge is 0.477 e. The van der Waals surface area contributed by atoms with Gasteiger partial charge in [-0.15, -0.1) is 0 Å². The van der Waals surface area contributed by atoms with Gasteiger partial charge in [-0.25, -0.2) is 14.0 Å². The zero-order chi connectivity index (χ0) is 15.7. The summed E-state index contributed by atoms with van der Waals surface area (Å²) in [6.07, 6.45) is 3.81. The van der Waals surface area contributed by atoms with Crippen LogP contribution in [0, 0.1) is 18.7 Å². The van der Waals surface area contributed by atoms with E-state index >= 15 is 0 Å². The lowest BCUT2D eigenvalue weighted by molar-refractivity contribution is -0.140. The molecule has 1 atom stereocenters. The van der Waals surface area contributed by atoms with E-state index in [-0.39, 0.29) is 10.9 Å². The normalized spacial score (nSPS) is 15.4. The van der Waals surface area contributed by atoms with Gasteiger partial charge in [0.2, 0.25) is 0 Å². The maximum atomic E-state index is 13.4. The third-order valence-electron chi connectivity index (χ3n) is 3.49. The lowest BCUT2D eigenvalue weighted by Crippen LogP contribution is -2.15. The predicted octanol–water partition coefficient (Wildman–Crippen LogP) is 2.77. The summed E-state index contributed by atoms with van der Waals surface area (Å²) in [5.41, 5.74) is 0.109. The Labute approximate surface area is 125 Å². The molecule has 0 saturated heterocycles. The van der Waals surface area contributed by atoms with Crippen molar-refractivity contribution in [2.24, 2.45) is 5.92 Å². The van der Waals surface area contributed by atoms with Gasteiger partial charge in [-0.2, -0.15) is 0 Å². The first-order chi connectivity index (χ1) is 9.82. The number of carboxylic acid groups (broad SMARTS) is 2. The van der Waals surface area contributed by atoms with E-state index in [1.807, 2.05) is 0 Å². The summed E-state index contributed by atoms with van der Waals surface area (Å²) in [7, 11) is 0. The fourth-order valence-electron chi connectivity index (χ4n) is 2.21. The molecule has 2 N–H and O–H groups in total. The van der Waals surface area contributed by atoms with Crippen LogP contribution in [0.25, 0.3) is 0 Å². The number of hydrogen-bond donors (Lipinski definition) is 2. The Bertz CT molecular complexity index is 624. The van der Waals surface area contributed by atoms with E-state index in [1.165, 1.54) is 6.08 Å². The van der Waals surface area contributed by atoms with Gasteiger partial charge in [-0.3, -0.25) is 4.98 Å². The Morgan fingerprint density at radius 3 is 2.48 bits per heavy atom. The molecule has 2 rings (SSSR count). The van der Waals surface area contributed by atoms with Crippen LogP contribution in [0.1, 0.15) is 30.0 Å². The van der Waals surface area contributed by atoms with Gasteiger partial charge in [-0.1, -0.05) is 17.7 Å². The van der Waals surface area contributed by atoms with Crippen LogP contribution in [0.2, 0.25) is 5.02 Å². The molecular weight excluding hydrogens is 301 g/mol. The summed E-state index contributed by atoms with van der Waals surface area (Å²) in [6, 6.07) is 0. The highest BCUT2D eigenvalue weighted by molar-refractivity contribution is 6.31. The molecule has 0 spiro atoms. The molecule has 1 saturated carbocycles. The molecule has 1 aliphatic carbocycles. The summed E-state index contributed by atoms with van der Waals surface area (Å²) in [6.45, 7) is 1.58. The van der Waals surface area contributed by atoms with Crippen molar-refractivity contribution in [1.82, 2.24) is 4.98 Å². The molecule has 1 aromatic heterocycles. The number of rotatable bonds is 5. The standard InChI is InChI=1S/C14H13ClFNO4/c1-6-11(15)10(16)5-17-12(6)8(7-2-3-7)4-9(13(18)19)14(20)21/h4-5,7-8H,2-3H2,1H3,(H,18,19)(H,20,21). The topological polar surface area (TPSA) is 87.5 Å². The van der Waals surface area contributed by atoms with Crippen molar-refractivity contribution < 1.29 is 24.2 Å². The number of allylic oxidation sites excluding steroid dienone is 1. The maximum absolute atomic E-state index is 13.4. The monoisotopic (exact) mass is 313 g/mol. The molecule has 1 aliphatic rings. The second kappa shape index (κ2) is 5.81. The Hall–Kier alpha value is -1.95. The zero-order valence-corrected chi connectivity index (χ0v) is 11.9. The first-order valence-electron chi connectivity index (χ1n) is 6.31. The molecular formula is C14H13ClFNO4. The highest BCUT2D eigenvalue weighted by Crippen LogP contribution is 2.45. The smallest absolute Gasteiger partial charge is 0.342 e. The number of hydrogen-bond acceptors (Lipinski definition) is 3. The van der Waals surface area contributed by atoms with Crippen LogP contribution in [0.15, 0.2) is 17.8 Å². The molecule has 1 aromatic rings. The zero-order valence-electron chi connectivity index (χ0n) is 11.1. The number of aromatic nitrogens is 1. The average molecular weight is 314 g/mol. The van der Waals surface area contributed by atoms with Gasteiger partial charge in [0.1, 0.15) is 5.57 Å². The summed E-state index contributed by atoms with van der Waals surface area (Å²) < 4.78 is 13.4. The van der Waals surface area contributed by atoms with E-state index in [2.05, 4.69) is 4.98 Å². The van der Waals surface area contributed by atoms with Crippen LogP contribution in [0.4, 0.5) is 4.39 Å². The minimum atomic E-state index is -1.51. The molecule has 7 heteroatoms. The van der Waals surface area contributed by atoms with Gasteiger partial charge in [0.25, 0.3) is 0 Å². The van der Waals surface area contributed by atoms with Gasteiger partial charge in [-0.05, 0) is 31.2 Å². The highest BCUT2D eigenvalue weighted by atomic mass is 35.5. The van der Waals surface area contributed by atoms with Crippen LogP contribution in [-0.2, 0) is 9.59 Å². The number of carboxylic acids is 2. The predicted molar refractivity (Wildman–Crippen MR) is 72.8 cm³/mol. The number of aliphatic carboxylic acids is 2. The third-order valence-corrected chi connectivity index (χ3v) is 3.96. The Morgan fingerprint density at radius 1 is 1.43 bits per heavy atom. The Morgan fingerprint density at radius 2 is 2.00 bits per heavy atom. The SMILES string of the molecule is Cc1c(C(C=C(C(=O)O)C(=O)O)C2CC2)ncc(F)c1Cl. The van der Waals surface area contributed by atoms with E-state index in [4.69, 9.17) is 21.8 Å². The summed E-state index contributed by atoms with van der Waals surface area (Å²) in [4.78, 5) is 26.0. The molecule has 21 heavy (non-hydrogen) atoms. The molecule has 0 aromatic carbocycles. The van der Waals surface area contributed by atoms with Crippen LogP contribution in [0.5, 0.6) is 0 Å². The second-order valence-corrected chi connectivity index (χ2v) is 5.36. The van der Waals surface area contributed by atoms with E-state index in [1.54, 1.807) is 6.92 Å². The summed E-state index contributed by atoms with van der Waals surface area (Å²) in [5.74, 6) is -4.08. The maximum Gasteiger partial charge on any atom is 0.342 e. The van der Waals surface area contributed by atoms with E-state index < -0.39 is 29.2 Å². The molecule has 1 fully saturated rings. The first-order valence-corrected chi connectivity index (χ1v) is 6.69. The molecule has 0 aliphatic heterocycles. The van der Waals surface area contributed by atoms with Crippen LogP contribution < -0.4 is 0 Å². The van der Waals surface area contributed by atoms with Crippen LogP contribution >= 0.6 is 11.6 Å². The molecule has 5 nitrogen and oxygen atoms in total. The van der Waals surface area contributed by atoms with Crippen molar-refractivity contribution in [1.29, 1.82) is 0 Å². The Balaban J connectivity index is 2.50.